The Balaban J connectivity index is 1.89. The fourth-order valence-electron chi connectivity index (χ4n) is 2.80. The number of fused-ring (bicyclic) bond motifs is 1. The Kier molecular flexibility index (Phi) is 2.82. The van der Waals surface area contributed by atoms with Gasteiger partial charge in [-0.05, 0) is 57.1 Å². The van der Waals surface area contributed by atoms with Crippen LogP contribution in [0.2, 0.25) is 0 Å². The summed E-state index contributed by atoms with van der Waals surface area (Å²) in [5, 5.41) is 0. The van der Waals surface area contributed by atoms with Gasteiger partial charge in [0.15, 0.2) is 0 Å². The summed E-state index contributed by atoms with van der Waals surface area (Å²) in [6, 6.07) is 6.62. The van der Waals surface area contributed by atoms with Crippen molar-refractivity contribution in [2.75, 3.05) is 0 Å². The van der Waals surface area contributed by atoms with Crippen LogP contribution in [0.5, 0.6) is 0 Å². The molecule has 0 aromatic heterocycles. The first-order chi connectivity index (χ1) is 8.80. The summed E-state index contributed by atoms with van der Waals surface area (Å²) in [7, 11) is -0.271. The van der Waals surface area contributed by atoms with Crippen molar-refractivity contribution in [1.82, 2.24) is 0 Å². The first kappa shape index (κ1) is 13.2. The molecule has 3 rings (SSSR count). The van der Waals surface area contributed by atoms with Gasteiger partial charge < -0.3 is 15.0 Å². The van der Waals surface area contributed by atoms with E-state index in [4.69, 9.17) is 15.0 Å². The van der Waals surface area contributed by atoms with Crippen LogP contribution in [0.25, 0.3) is 0 Å². The summed E-state index contributed by atoms with van der Waals surface area (Å²) in [4.78, 5) is 0. The van der Waals surface area contributed by atoms with E-state index in [1.807, 2.05) is 0 Å². The predicted octanol–water partition coefficient (Wildman–Crippen LogP) is 1.93. The van der Waals surface area contributed by atoms with E-state index in [0.717, 1.165) is 18.3 Å². The Morgan fingerprint density at radius 1 is 1.16 bits per heavy atom. The average molecular weight is 259 g/mol. The van der Waals surface area contributed by atoms with Gasteiger partial charge in [0.05, 0.1) is 11.2 Å². The minimum atomic E-state index is -0.285. The molecule has 19 heavy (non-hydrogen) atoms. The largest absolute Gasteiger partial charge is 0.494 e. The summed E-state index contributed by atoms with van der Waals surface area (Å²) in [6.07, 6.45) is 2.10. The third kappa shape index (κ3) is 2.02. The van der Waals surface area contributed by atoms with Gasteiger partial charge in [-0.25, -0.2) is 0 Å². The standard InChI is InChI=1S/C15H22BNO2/c1-14(2)15(3,4)19-16(18-14)11-6-7-12-10(9-11)5-8-13(12)17/h6-7,9,13H,5,8,17H2,1-4H3. The third-order valence-corrected chi connectivity index (χ3v) is 4.82. The molecule has 0 saturated carbocycles. The van der Waals surface area contributed by atoms with Crippen LogP contribution in [0.4, 0.5) is 0 Å². The fourth-order valence-corrected chi connectivity index (χ4v) is 2.80. The lowest BCUT2D eigenvalue weighted by atomic mass is 9.78. The Labute approximate surface area is 115 Å². The highest BCUT2D eigenvalue weighted by Gasteiger charge is 2.51. The first-order valence-corrected chi connectivity index (χ1v) is 7.04. The van der Waals surface area contributed by atoms with Gasteiger partial charge in [0.1, 0.15) is 0 Å². The lowest BCUT2D eigenvalue weighted by Crippen LogP contribution is -2.41. The molecule has 102 valence electrons. The molecule has 1 saturated heterocycles. The van der Waals surface area contributed by atoms with Crippen molar-refractivity contribution < 1.29 is 9.31 Å². The van der Waals surface area contributed by atoms with Crippen LogP contribution in [0.1, 0.15) is 51.3 Å². The zero-order valence-corrected chi connectivity index (χ0v) is 12.2. The maximum atomic E-state index is 6.08. The highest BCUT2D eigenvalue weighted by Crippen LogP contribution is 2.37. The summed E-state index contributed by atoms with van der Waals surface area (Å²) in [5.74, 6) is 0. The van der Waals surface area contributed by atoms with Gasteiger partial charge in [0.2, 0.25) is 0 Å². The van der Waals surface area contributed by atoms with Crippen LogP contribution in [-0.2, 0) is 15.7 Å². The molecule has 1 aromatic carbocycles. The van der Waals surface area contributed by atoms with E-state index in [0.29, 0.717) is 0 Å². The van der Waals surface area contributed by atoms with Gasteiger partial charge >= 0.3 is 7.12 Å². The molecule has 0 amide bonds. The molecule has 0 radical (unpaired) electrons. The molecule has 0 bridgehead atoms. The second kappa shape index (κ2) is 4.08. The summed E-state index contributed by atoms with van der Waals surface area (Å²) >= 11 is 0. The van der Waals surface area contributed by atoms with Crippen molar-refractivity contribution in [2.45, 2.75) is 57.8 Å². The lowest BCUT2D eigenvalue weighted by molar-refractivity contribution is 0.00578. The van der Waals surface area contributed by atoms with E-state index in [-0.39, 0.29) is 24.4 Å². The number of nitrogens with two attached hydrogens (primary N) is 1. The van der Waals surface area contributed by atoms with Crippen LogP contribution in [0.3, 0.4) is 0 Å². The van der Waals surface area contributed by atoms with Gasteiger partial charge in [-0.3, -0.25) is 0 Å². The van der Waals surface area contributed by atoms with Crippen LogP contribution < -0.4 is 11.2 Å². The quantitative estimate of drug-likeness (QED) is 0.784. The second-order valence-electron chi connectivity index (χ2n) is 6.69. The van der Waals surface area contributed by atoms with E-state index in [1.165, 1.54) is 11.1 Å². The van der Waals surface area contributed by atoms with Gasteiger partial charge in [0.25, 0.3) is 0 Å². The zero-order chi connectivity index (χ0) is 13.8. The van der Waals surface area contributed by atoms with E-state index < -0.39 is 0 Å². The Morgan fingerprint density at radius 3 is 2.42 bits per heavy atom. The van der Waals surface area contributed by atoms with E-state index in [2.05, 4.69) is 45.9 Å². The number of hydrogen-bond donors (Lipinski definition) is 1. The molecule has 1 aliphatic carbocycles. The van der Waals surface area contributed by atoms with Crippen molar-refractivity contribution in [2.24, 2.45) is 5.73 Å². The minimum Gasteiger partial charge on any atom is -0.399 e. The maximum absolute atomic E-state index is 6.08. The van der Waals surface area contributed by atoms with Crippen molar-refractivity contribution in [3.05, 3.63) is 29.3 Å². The number of benzene rings is 1. The Bertz CT molecular complexity index is 497. The monoisotopic (exact) mass is 259 g/mol. The first-order valence-electron chi connectivity index (χ1n) is 7.04. The van der Waals surface area contributed by atoms with E-state index >= 15 is 0 Å². The van der Waals surface area contributed by atoms with Gasteiger partial charge in [-0.15, -0.1) is 0 Å². The van der Waals surface area contributed by atoms with Crippen molar-refractivity contribution in [1.29, 1.82) is 0 Å². The maximum Gasteiger partial charge on any atom is 0.494 e. The van der Waals surface area contributed by atoms with Crippen molar-refractivity contribution in [3.63, 3.8) is 0 Å². The summed E-state index contributed by atoms with van der Waals surface area (Å²) in [5.41, 5.74) is 9.23. The highest BCUT2D eigenvalue weighted by atomic mass is 16.7. The summed E-state index contributed by atoms with van der Waals surface area (Å²) < 4.78 is 12.2. The van der Waals surface area contributed by atoms with Crippen LogP contribution in [-0.4, -0.2) is 18.3 Å². The average Bonchev–Trinajstić information content (AvgIpc) is 2.78. The molecule has 2 N–H and O–H groups in total. The third-order valence-electron chi connectivity index (χ3n) is 4.82. The van der Waals surface area contributed by atoms with Gasteiger partial charge in [0, 0.05) is 6.04 Å². The van der Waals surface area contributed by atoms with E-state index in [1.54, 1.807) is 0 Å². The molecule has 0 spiro atoms. The molecule has 4 heteroatoms. The molecule has 1 unspecified atom stereocenters. The minimum absolute atomic E-state index is 0.197. The molecule has 1 fully saturated rings. The van der Waals surface area contributed by atoms with Crippen molar-refractivity contribution >= 4 is 12.6 Å². The molecule has 1 aromatic rings. The predicted molar refractivity (Wildman–Crippen MR) is 77.4 cm³/mol. The molecule has 1 heterocycles. The van der Waals surface area contributed by atoms with E-state index in [9.17, 15) is 0 Å². The van der Waals surface area contributed by atoms with Gasteiger partial charge in [-0.2, -0.15) is 0 Å². The van der Waals surface area contributed by atoms with Crippen LogP contribution in [0, 0.1) is 0 Å². The molecule has 1 aliphatic heterocycles. The molecular weight excluding hydrogens is 237 g/mol. The number of aryl methyl sites for hydroxylation is 1. The number of hydrogen-bond acceptors (Lipinski definition) is 3. The zero-order valence-electron chi connectivity index (χ0n) is 12.2. The smallest absolute Gasteiger partial charge is 0.399 e. The number of rotatable bonds is 1. The molecule has 1 atom stereocenters. The Hall–Kier alpha value is -0.835. The lowest BCUT2D eigenvalue weighted by Gasteiger charge is -2.32. The molecular formula is C15H22BNO2. The highest BCUT2D eigenvalue weighted by molar-refractivity contribution is 6.62. The summed E-state index contributed by atoms with van der Waals surface area (Å²) in [6.45, 7) is 8.32. The second-order valence-corrected chi connectivity index (χ2v) is 6.69. The topological polar surface area (TPSA) is 44.5 Å². The molecule has 3 nitrogen and oxygen atoms in total. The molecule has 2 aliphatic rings. The normalized spacial score (nSPS) is 27.6. The Morgan fingerprint density at radius 2 is 1.79 bits per heavy atom. The van der Waals surface area contributed by atoms with Crippen molar-refractivity contribution in [3.8, 4) is 0 Å². The van der Waals surface area contributed by atoms with Gasteiger partial charge in [-0.1, -0.05) is 18.2 Å². The SMILES string of the molecule is CC1(C)OB(c2ccc3c(c2)CCC3N)OC1(C)C. The fraction of sp³-hybridized carbons (Fsp3) is 0.600. The van der Waals surface area contributed by atoms with Crippen LogP contribution in [0.15, 0.2) is 18.2 Å². The van der Waals surface area contributed by atoms with Crippen LogP contribution >= 0.6 is 0 Å².